The number of hydrogen-bond acceptors (Lipinski definition) is 2. The van der Waals surface area contributed by atoms with Gasteiger partial charge in [-0.2, -0.15) is 0 Å². The van der Waals surface area contributed by atoms with Crippen molar-refractivity contribution in [2.45, 2.75) is 32.2 Å². The summed E-state index contributed by atoms with van der Waals surface area (Å²) in [6, 6.07) is 0. The second kappa shape index (κ2) is 10.2. The monoisotopic (exact) mass is 565 g/mol. The first-order chi connectivity index (χ1) is 4.97. The molecule has 0 amide bonds. The van der Waals surface area contributed by atoms with Crippen LogP contribution in [0, 0.1) is 0 Å². The van der Waals surface area contributed by atoms with E-state index in [4.69, 9.17) is 11.5 Å². The number of rotatable bonds is 3. The molecule has 0 rings (SSSR count). The topological polar surface area (TPSA) is 52.0 Å². The van der Waals surface area contributed by atoms with Crippen molar-refractivity contribution in [2.75, 3.05) is 6.54 Å². The van der Waals surface area contributed by atoms with E-state index in [1.807, 2.05) is 13.8 Å². The Balaban J connectivity index is 0. The van der Waals surface area contributed by atoms with Gasteiger partial charge in [-0.1, -0.05) is 0 Å². The van der Waals surface area contributed by atoms with Gasteiger partial charge in [-0.3, -0.25) is 0 Å². The zero-order valence-electron chi connectivity index (χ0n) is 6.85. The first kappa shape index (κ1) is 15.5. The predicted molar refractivity (Wildman–Crippen MR) is 64.6 cm³/mol. The molecule has 0 heterocycles. The van der Waals surface area contributed by atoms with Crippen LogP contribution in [0.3, 0.4) is 0 Å². The van der Waals surface area contributed by atoms with Gasteiger partial charge in [0.25, 0.3) is 0 Å². The van der Waals surface area contributed by atoms with Gasteiger partial charge in [0.15, 0.2) is 0 Å². The molecule has 0 aliphatic heterocycles. The average molecular weight is 565 g/mol. The molecule has 0 saturated carbocycles. The summed E-state index contributed by atoms with van der Waals surface area (Å²) in [6.45, 7) is 4.78. The van der Waals surface area contributed by atoms with Crippen LogP contribution in [0.15, 0.2) is 0 Å². The number of nitrogens with two attached hydrogens (primary N) is 2. The number of halogens is 2. The van der Waals surface area contributed by atoms with Crippen molar-refractivity contribution < 1.29 is 11.2 Å². The quantitative estimate of drug-likeness (QED) is 0.517. The van der Waals surface area contributed by atoms with Gasteiger partial charge >= 0.3 is 49.9 Å². The maximum atomic E-state index is 5.67. The summed E-state index contributed by atoms with van der Waals surface area (Å²) in [7, 11) is 0. The van der Waals surface area contributed by atoms with Crippen molar-refractivity contribution >= 4 is 38.7 Å². The zero-order chi connectivity index (χ0) is 9.33. The molecule has 0 aromatic carbocycles. The molecule has 4 N–H and O–H groups in total. The summed E-state index contributed by atoms with van der Waals surface area (Å²) in [5, 5.41) is 0. The Kier molecular flexibility index (Phi) is 14.3. The minimum absolute atomic E-state index is 0.0284. The molecule has 0 atom stereocenters. The van der Waals surface area contributed by atoms with Crippen molar-refractivity contribution in [3.05, 3.63) is 0 Å². The molecule has 0 unspecified atom stereocenters. The Bertz CT molecular complexity index is 75.5. The van der Waals surface area contributed by atoms with Crippen LogP contribution in [0.25, 0.3) is 0 Å². The van der Waals surface area contributed by atoms with Gasteiger partial charge in [-0.15, -0.1) is 0 Å². The molecular weight excluding hydrogens is 549 g/mol. The second-order valence-electron chi connectivity index (χ2n) is 2.93. The third kappa shape index (κ3) is 24.5. The van der Waals surface area contributed by atoms with Gasteiger partial charge in [0, 0.05) is 5.54 Å². The third-order valence-corrected chi connectivity index (χ3v) is 1.03. The van der Waals surface area contributed by atoms with E-state index in [0.29, 0.717) is 11.2 Å². The molecule has 5 heteroatoms. The second-order valence-corrected chi connectivity index (χ2v) is 19.5. The molecule has 2 nitrogen and oxygen atoms in total. The van der Waals surface area contributed by atoms with Crippen LogP contribution in [-0.2, 0) is 11.2 Å². The molecule has 0 spiro atoms. The molecule has 0 radical (unpaired) electrons. The summed E-state index contributed by atoms with van der Waals surface area (Å²) in [5.41, 5.74) is 10.9. The summed E-state index contributed by atoms with van der Waals surface area (Å²) in [4.78, 5) is 0. The summed E-state index contributed by atoms with van der Waals surface area (Å²) in [5.74, 6) is 0. The molecule has 0 bridgehead atoms. The molecular formula is C6H16I2N2Pt. The van der Waals surface area contributed by atoms with Crippen molar-refractivity contribution in [3.8, 4) is 0 Å². The van der Waals surface area contributed by atoms with E-state index in [-0.39, 0.29) is 5.54 Å². The fourth-order valence-corrected chi connectivity index (χ4v) is 0.558. The molecule has 74 valence electrons. The SMILES string of the molecule is CC(C)(N)CCCN.[I][Pt][I]. The van der Waals surface area contributed by atoms with Gasteiger partial charge in [0.05, 0.1) is 0 Å². The third-order valence-electron chi connectivity index (χ3n) is 1.03. The van der Waals surface area contributed by atoms with E-state index in [1.54, 1.807) is 0 Å². The average Bonchev–Trinajstić information content (AvgIpc) is 1.84. The van der Waals surface area contributed by atoms with Crippen molar-refractivity contribution in [2.24, 2.45) is 11.5 Å². The van der Waals surface area contributed by atoms with Crippen LogP contribution in [0.4, 0.5) is 0 Å². The van der Waals surface area contributed by atoms with E-state index in [9.17, 15) is 0 Å². The molecule has 0 aromatic rings. The first-order valence-electron chi connectivity index (χ1n) is 3.29. The zero-order valence-corrected chi connectivity index (χ0v) is 13.4. The van der Waals surface area contributed by atoms with Crippen LogP contribution >= 0.6 is 38.7 Å². The Morgan fingerprint density at radius 2 is 1.73 bits per heavy atom. The van der Waals surface area contributed by atoms with E-state index in [2.05, 4.69) is 38.7 Å². The Hall–Kier alpha value is 2.07. The van der Waals surface area contributed by atoms with E-state index in [0.717, 1.165) is 19.4 Å². The fraction of sp³-hybridized carbons (Fsp3) is 1.00. The summed E-state index contributed by atoms with van der Waals surface area (Å²) < 4.78 is 0. The van der Waals surface area contributed by atoms with E-state index < -0.39 is 0 Å². The van der Waals surface area contributed by atoms with Crippen LogP contribution in [-0.4, -0.2) is 12.1 Å². The van der Waals surface area contributed by atoms with E-state index >= 15 is 0 Å². The molecule has 0 aliphatic rings. The summed E-state index contributed by atoms with van der Waals surface area (Å²) >= 11 is 5.30. The van der Waals surface area contributed by atoms with Gasteiger partial charge in [0.1, 0.15) is 0 Å². The standard InChI is InChI=1S/C6H16N2.2HI.Pt/c1-6(2,8)4-3-5-7;;;/h3-5,7-8H2,1-2H3;2*1H;/q;;;+2/p-2. The molecule has 0 saturated heterocycles. The van der Waals surface area contributed by atoms with Crippen LogP contribution < -0.4 is 11.5 Å². The van der Waals surface area contributed by atoms with Crippen LogP contribution in [0.5, 0.6) is 0 Å². The minimum atomic E-state index is -0.0284. The summed E-state index contributed by atoms with van der Waals surface area (Å²) in [6.07, 6.45) is 2.05. The van der Waals surface area contributed by atoms with Gasteiger partial charge in [0.2, 0.25) is 0 Å². The van der Waals surface area contributed by atoms with Crippen molar-refractivity contribution in [1.29, 1.82) is 0 Å². The fourth-order valence-electron chi connectivity index (χ4n) is 0.558. The van der Waals surface area contributed by atoms with Gasteiger partial charge < -0.3 is 11.5 Å². The molecule has 0 aromatic heterocycles. The van der Waals surface area contributed by atoms with Crippen molar-refractivity contribution in [3.63, 3.8) is 0 Å². The molecule has 11 heavy (non-hydrogen) atoms. The van der Waals surface area contributed by atoms with Crippen LogP contribution in [0.1, 0.15) is 26.7 Å². The molecule has 0 aliphatic carbocycles. The van der Waals surface area contributed by atoms with Gasteiger partial charge in [-0.05, 0) is 33.2 Å². The Labute approximate surface area is 98.8 Å². The van der Waals surface area contributed by atoms with Crippen molar-refractivity contribution in [1.82, 2.24) is 0 Å². The van der Waals surface area contributed by atoms with Crippen LogP contribution in [0.2, 0.25) is 0 Å². The number of hydrogen-bond donors (Lipinski definition) is 2. The maximum absolute atomic E-state index is 5.67. The van der Waals surface area contributed by atoms with Gasteiger partial charge in [-0.25, -0.2) is 0 Å². The predicted octanol–water partition coefficient (Wildman–Crippen LogP) is 2.23. The van der Waals surface area contributed by atoms with E-state index in [1.165, 1.54) is 0 Å². The Morgan fingerprint density at radius 3 is 1.82 bits per heavy atom. The first-order valence-corrected chi connectivity index (χ1v) is 16.2. The normalized spacial score (nSPS) is 10.7. The Morgan fingerprint density at radius 1 is 1.36 bits per heavy atom. The molecule has 0 fully saturated rings.